The van der Waals surface area contributed by atoms with E-state index < -0.39 is 0 Å². The molecule has 0 fully saturated rings. The minimum absolute atomic E-state index is 0.0939. The van der Waals surface area contributed by atoms with Gasteiger partial charge in [-0.05, 0) is 0 Å². The number of hydrogen-bond acceptors (Lipinski definition) is 4. The molecular weight excluding hydrogens is 112 g/mol. The molecular formula is C4H10O4. The highest BCUT2D eigenvalue weighted by Crippen LogP contribution is 1.73. The molecule has 1 N–H and O–H groups in total. The van der Waals surface area contributed by atoms with Crippen molar-refractivity contribution in [3.05, 3.63) is 0 Å². The highest BCUT2D eigenvalue weighted by atomic mass is 17.1. The fourth-order valence-corrected chi connectivity index (χ4v) is 0.238. The Balaban J connectivity index is 2.53. The van der Waals surface area contributed by atoms with Crippen molar-refractivity contribution in [2.45, 2.75) is 0 Å². The largest absolute Gasteiger partial charge is 0.382 e. The van der Waals surface area contributed by atoms with Crippen LogP contribution in [0.15, 0.2) is 0 Å². The summed E-state index contributed by atoms with van der Waals surface area (Å²) in [6, 6.07) is 0. The molecule has 0 amide bonds. The van der Waals surface area contributed by atoms with Crippen LogP contribution in [-0.2, 0) is 14.4 Å². The van der Waals surface area contributed by atoms with Crippen molar-refractivity contribution in [2.24, 2.45) is 0 Å². The van der Waals surface area contributed by atoms with Gasteiger partial charge >= 0.3 is 0 Å². The Kier molecular flexibility index (Phi) is 6.70. The Morgan fingerprint density at radius 1 is 1.38 bits per heavy atom. The smallest absolute Gasteiger partial charge is 0.180 e. The fraction of sp³-hybridized carbons (Fsp3) is 1.00. The molecule has 0 saturated carbocycles. The first kappa shape index (κ1) is 7.84. The topological polar surface area (TPSA) is 47.9 Å². The van der Waals surface area contributed by atoms with Gasteiger partial charge in [-0.25, -0.2) is 10.1 Å². The molecule has 4 nitrogen and oxygen atoms in total. The minimum Gasteiger partial charge on any atom is -0.382 e. The lowest BCUT2D eigenvalue weighted by Gasteiger charge is -1.97. The average Bonchev–Trinajstić information content (AvgIpc) is 1.81. The highest BCUT2D eigenvalue weighted by molar-refractivity contribution is 4.19. The maximum Gasteiger partial charge on any atom is 0.180 e. The molecule has 4 heteroatoms. The van der Waals surface area contributed by atoms with E-state index in [9.17, 15) is 0 Å². The molecule has 0 spiro atoms. The van der Waals surface area contributed by atoms with E-state index in [1.165, 1.54) is 0 Å². The van der Waals surface area contributed by atoms with Crippen LogP contribution >= 0.6 is 0 Å². The van der Waals surface area contributed by atoms with Crippen LogP contribution in [-0.4, -0.2) is 32.4 Å². The molecule has 0 heterocycles. The molecule has 0 unspecified atom stereocenters. The third-order valence-corrected chi connectivity index (χ3v) is 0.568. The summed E-state index contributed by atoms with van der Waals surface area (Å²) in [5.41, 5.74) is 0. The normalized spacial score (nSPS) is 9.75. The van der Waals surface area contributed by atoms with Crippen LogP contribution in [0.1, 0.15) is 0 Å². The van der Waals surface area contributed by atoms with Crippen molar-refractivity contribution >= 4 is 0 Å². The second-order valence-corrected chi connectivity index (χ2v) is 1.15. The zero-order chi connectivity index (χ0) is 6.24. The first-order valence-electron chi connectivity index (χ1n) is 2.25. The van der Waals surface area contributed by atoms with Crippen molar-refractivity contribution in [3.63, 3.8) is 0 Å². The van der Waals surface area contributed by atoms with Crippen LogP contribution < -0.4 is 0 Å². The summed E-state index contributed by atoms with van der Waals surface area (Å²) < 4.78 is 9.25. The minimum atomic E-state index is -0.0939. The second kappa shape index (κ2) is 6.84. The summed E-state index contributed by atoms with van der Waals surface area (Å²) in [4.78, 5) is 3.61. The van der Waals surface area contributed by atoms with E-state index in [4.69, 9.17) is 5.26 Å². The van der Waals surface area contributed by atoms with Crippen molar-refractivity contribution in [3.8, 4) is 0 Å². The van der Waals surface area contributed by atoms with E-state index in [1.54, 1.807) is 7.11 Å². The highest BCUT2D eigenvalue weighted by Gasteiger charge is 1.82. The zero-order valence-electron chi connectivity index (χ0n) is 4.79. The van der Waals surface area contributed by atoms with Gasteiger partial charge in [0.1, 0.15) is 0 Å². The molecule has 50 valence electrons. The van der Waals surface area contributed by atoms with Crippen LogP contribution in [0.4, 0.5) is 0 Å². The van der Waals surface area contributed by atoms with Gasteiger partial charge in [-0.2, -0.15) is 0 Å². The third-order valence-electron chi connectivity index (χ3n) is 0.568. The Hall–Kier alpha value is -0.160. The monoisotopic (exact) mass is 122 g/mol. The van der Waals surface area contributed by atoms with Gasteiger partial charge in [0.2, 0.25) is 0 Å². The van der Waals surface area contributed by atoms with Crippen molar-refractivity contribution < 1.29 is 19.6 Å². The number of methoxy groups -OCH3 is 1. The lowest BCUT2D eigenvalue weighted by Crippen LogP contribution is -2.03. The maximum absolute atomic E-state index is 7.70. The van der Waals surface area contributed by atoms with Crippen LogP contribution in [0.2, 0.25) is 0 Å². The van der Waals surface area contributed by atoms with Crippen LogP contribution in [0.3, 0.4) is 0 Å². The molecule has 0 saturated heterocycles. The van der Waals surface area contributed by atoms with E-state index >= 15 is 0 Å². The third kappa shape index (κ3) is 5.84. The molecule has 0 aliphatic carbocycles. The van der Waals surface area contributed by atoms with Crippen LogP contribution in [0.5, 0.6) is 0 Å². The predicted octanol–water partition coefficient (Wildman–Crippen LogP) is 0.0965. The Morgan fingerprint density at radius 3 is 2.62 bits per heavy atom. The van der Waals surface area contributed by atoms with E-state index in [2.05, 4.69) is 14.4 Å². The van der Waals surface area contributed by atoms with Gasteiger partial charge in [0.15, 0.2) is 6.79 Å². The molecule has 0 rings (SSSR count). The lowest BCUT2D eigenvalue weighted by molar-refractivity contribution is -0.296. The van der Waals surface area contributed by atoms with Gasteiger partial charge in [0, 0.05) is 7.11 Å². The standard InChI is InChI=1S/C4H10O4/c1-6-2-3-7-4-8-5/h5H,2-4H2,1H3. The quantitative estimate of drug-likeness (QED) is 0.243. The van der Waals surface area contributed by atoms with Gasteiger partial charge in [-0.3, -0.25) is 0 Å². The van der Waals surface area contributed by atoms with Crippen molar-refractivity contribution in [1.82, 2.24) is 0 Å². The van der Waals surface area contributed by atoms with Crippen LogP contribution in [0, 0.1) is 0 Å². The molecule has 0 aliphatic heterocycles. The SMILES string of the molecule is COCCOCOO. The second-order valence-electron chi connectivity index (χ2n) is 1.15. The zero-order valence-corrected chi connectivity index (χ0v) is 4.79. The number of hydrogen-bond donors (Lipinski definition) is 1. The van der Waals surface area contributed by atoms with Crippen molar-refractivity contribution in [1.29, 1.82) is 0 Å². The van der Waals surface area contributed by atoms with E-state index in [0.717, 1.165) is 0 Å². The molecule has 0 aromatic heterocycles. The van der Waals surface area contributed by atoms with E-state index in [1.807, 2.05) is 0 Å². The number of rotatable bonds is 5. The molecule has 8 heavy (non-hydrogen) atoms. The molecule has 0 radical (unpaired) electrons. The summed E-state index contributed by atoms with van der Waals surface area (Å²) in [5, 5.41) is 7.70. The molecule has 0 aliphatic rings. The molecule has 0 aromatic rings. The first-order valence-corrected chi connectivity index (χ1v) is 2.25. The predicted molar refractivity (Wildman–Crippen MR) is 26.4 cm³/mol. The van der Waals surface area contributed by atoms with E-state index in [-0.39, 0.29) is 6.79 Å². The maximum atomic E-state index is 7.70. The molecule has 0 aromatic carbocycles. The fourth-order valence-electron chi connectivity index (χ4n) is 0.238. The average molecular weight is 122 g/mol. The Bertz CT molecular complexity index is 33.0. The Labute approximate surface area is 47.9 Å². The summed E-state index contributed by atoms with van der Waals surface area (Å²) in [6.07, 6.45) is 0. The summed E-state index contributed by atoms with van der Waals surface area (Å²) in [7, 11) is 1.57. The van der Waals surface area contributed by atoms with Gasteiger partial charge in [-0.15, -0.1) is 0 Å². The van der Waals surface area contributed by atoms with Gasteiger partial charge in [0.05, 0.1) is 13.2 Å². The van der Waals surface area contributed by atoms with Gasteiger partial charge < -0.3 is 9.47 Å². The summed E-state index contributed by atoms with van der Waals surface area (Å²) in [6.45, 7) is 0.865. The Morgan fingerprint density at radius 2 is 2.12 bits per heavy atom. The molecule has 0 bridgehead atoms. The van der Waals surface area contributed by atoms with Crippen molar-refractivity contribution in [2.75, 3.05) is 27.1 Å². The number of ether oxygens (including phenoxy) is 2. The lowest BCUT2D eigenvalue weighted by atomic mass is 10.8. The van der Waals surface area contributed by atoms with Crippen LogP contribution in [0.25, 0.3) is 0 Å². The van der Waals surface area contributed by atoms with Gasteiger partial charge in [0.25, 0.3) is 0 Å². The van der Waals surface area contributed by atoms with E-state index in [0.29, 0.717) is 13.2 Å². The van der Waals surface area contributed by atoms with Gasteiger partial charge in [-0.1, -0.05) is 0 Å². The summed E-state index contributed by atoms with van der Waals surface area (Å²) >= 11 is 0. The first-order chi connectivity index (χ1) is 3.91. The summed E-state index contributed by atoms with van der Waals surface area (Å²) in [5.74, 6) is 0. The molecule has 0 atom stereocenters.